The SMILES string of the molecule is C/C=C/C(=O)C1=C/C(=C2/C=CCCN2)SC[C@H](NC(C)=O)C(=O)O1. The van der Waals surface area contributed by atoms with Gasteiger partial charge in [-0.25, -0.2) is 4.79 Å². The predicted molar refractivity (Wildman–Crippen MR) is 92.8 cm³/mol. The molecular weight excluding hydrogens is 328 g/mol. The van der Waals surface area contributed by atoms with E-state index in [2.05, 4.69) is 10.6 Å². The molecule has 7 heteroatoms. The molecule has 0 radical (unpaired) electrons. The number of cyclic esters (lactones) is 1. The molecule has 0 spiro atoms. The topological polar surface area (TPSA) is 84.5 Å². The molecule has 0 aliphatic carbocycles. The Morgan fingerprint density at radius 3 is 2.88 bits per heavy atom. The van der Waals surface area contributed by atoms with Gasteiger partial charge in [-0.3, -0.25) is 9.59 Å². The molecule has 128 valence electrons. The Labute approximate surface area is 145 Å². The molecule has 0 aromatic carbocycles. The number of ether oxygens (including phenoxy) is 1. The summed E-state index contributed by atoms with van der Waals surface area (Å²) in [5, 5.41) is 5.83. The molecule has 2 N–H and O–H groups in total. The van der Waals surface area contributed by atoms with Crippen LogP contribution in [0.25, 0.3) is 0 Å². The fraction of sp³-hybridized carbons (Fsp3) is 0.353. The molecule has 0 unspecified atom stereocenters. The number of hydrogen-bond acceptors (Lipinski definition) is 6. The predicted octanol–water partition coefficient (Wildman–Crippen LogP) is 1.57. The van der Waals surface area contributed by atoms with Crippen molar-refractivity contribution in [2.24, 2.45) is 0 Å². The average Bonchev–Trinajstić information content (AvgIpc) is 2.55. The third kappa shape index (κ3) is 4.86. The maximum absolute atomic E-state index is 12.2. The monoisotopic (exact) mass is 348 g/mol. The molecule has 0 fully saturated rings. The highest BCUT2D eigenvalue weighted by molar-refractivity contribution is 8.03. The summed E-state index contributed by atoms with van der Waals surface area (Å²) < 4.78 is 5.25. The van der Waals surface area contributed by atoms with Crippen molar-refractivity contribution in [1.82, 2.24) is 10.6 Å². The molecule has 2 aliphatic heterocycles. The van der Waals surface area contributed by atoms with Gasteiger partial charge in [0.05, 0.1) is 0 Å². The van der Waals surface area contributed by atoms with Crippen molar-refractivity contribution in [2.45, 2.75) is 26.3 Å². The van der Waals surface area contributed by atoms with E-state index in [1.165, 1.54) is 24.8 Å². The third-order valence-corrected chi connectivity index (χ3v) is 4.43. The van der Waals surface area contributed by atoms with Crippen LogP contribution in [0.4, 0.5) is 0 Å². The minimum Gasteiger partial charge on any atom is -0.421 e. The second-order valence-corrected chi connectivity index (χ2v) is 6.32. The summed E-state index contributed by atoms with van der Waals surface area (Å²) in [6, 6.07) is -0.808. The van der Waals surface area contributed by atoms with Crippen LogP contribution in [0.2, 0.25) is 0 Å². The average molecular weight is 348 g/mol. The summed E-state index contributed by atoms with van der Waals surface area (Å²) in [5.74, 6) is -1.09. The normalized spacial score (nSPS) is 24.5. The Kier molecular flexibility index (Phi) is 6.43. The molecule has 0 aromatic rings. The van der Waals surface area contributed by atoms with Crippen LogP contribution in [0.15, 0.2) is 46.7 Å². The lowest BCUT2D eigenvalue weighted by atomic mass is 10.2. The highest BCUT2D eigenvalue weighted by Gasteiger charge is 2.27. The van der Waals surface area contributed by atoms with E-state index in [1.54, 1.807) is 19.1 Å². The van der Waals surface area contributed by atoms with E-state index in [4.69, 9.17) is 4.74 Å². The Morgan fingerprint density at radius 1 is 1.46 bits per heavy atom. The van der Waals surface area contributed by atoms with Crippen molar-refractivity contribution in [1.29, 1.82) is 0 Å². The zero-order chi connectivity index (χ0) is 17.5. The van der Waals surface area contributed by atoms with Crippen LogP contribution in [-0.4, -0.2) is 36.0 Å². The zero-order valence-corrected chi connectivity index (χ0v) is 14.4. The largest absolute Gasteiger partial charge is 0.421 e. The van der Waals surface area contributed by atoms with Gasteiger partial charge < -0.3 is 15.4 Å². The first-order valence-corrected chi connectivity index (χ1v) is 8.65. The van der Waals surface area contributed by atoms with Crippen molar-refractivity contribution in [3.05, 3.63) is 46.7 Å². The number of amides is 1. The molecule has 6 nitrogen and oxygen atoms in total. The fourth-order valence-corrected chi connectivity index (χ4v) is 3.24. The number of allylic oxidation sites excluding steroid dienone is 4. The van der Waals surface area contributed by atoms with Gasteiger partial charge in [0.15, 0.2) is 5.76 Å². The molecule has 0 bridgehead atoms. The number of hydrogen-bond donors (Lipinski definition) is 2. The summed E-state index contributed by atoms with van der Waals surface area (Å²) >= 11 is 1.39. The van der Waals surface area contributed by atoms with Gasteiger partial charge >= 0.3 is 5.97 Å². The van der Waals surface area contributed by atoms with Crippen molar-refractivity contribution >= 4 is 29.4 Å². The van der Waals surface area contributed by atoms with Crippen LogP contribution in [0.1, 0.15) is 20.3 Å². The van der Waals surface area contributed by atoms with Crippen molar-refractivity contribution < 1.29 is 19.1 Å². The Balaban J connectivity index is 2.40. The quantitative estimate of drug-likeness (QED) is 0.595. The second-order valence-electron chi connectivity index (χ2n) is 5.25. The van der Waals surface area contributed by atoms with E-state index in [0.717, 1.165) is 23.6 Å². The molecule has 0 saturated heterocycles. The third-order valence-electron chi connectivity index (χ3n) is 3.28. The van der Waals surface area contributed by atoms with Crippen molar-refractivity contribution in [3.8, 4) is 0 Å². The van der Waals surface area contributed by atoms with Crippen LogP contribution < -0.4 is 10.6 Å². The van der Waals surface area contributed by atoms with Gasteiger partial charge in [0.1, 0.15) is 6.04 Å². The van der Waals surface area contributed by atoms with Crippen LogP contribution in [0.5, 0.6) is 0 Å². The lowest BCUT2D eigenvalue weighted by Crippen LogP contribution is -2.43. The van der Waals surface area contributed by atoms with Gasteiger partial charge in [-0.05, 0) is 25.5 Å². The van der Waals surface area contributed by atoms with E-state index in [0.29, 0.717) is 5.75 Å². The van der Waals surface area contributed by atoms with E-state index in [9.17, 15) is 14.4 Å². The second kappa shape index (κ2) is 8.54. The number of rotatable bonds is 3. The van der Waals surface area contributed by atoms with Gasteiger partial charge in [-0.15, -0.1) is 11.8 Å². The van der Waals surface area contributed by atoms with Gasteiger partial charge in [-0.2, -0.15) is 0 Å². The highest BCUT2D eigenvalue weighted by Crippen LogP contribution is 2.27. The first-order chi connectivity index (χ1) is 11.5. The zero-order valence-electron chi connectivity index (χ0n) is 13.6. The summed E-state index contributed by atoms with van der Waals surface area (Å²) in [4.78, 5) is 36.5. The van der Waals surface area contributed by atoms with Crippen LogP contribution in [0.3, 0.4) is 0 Å². The number of nitrogens with one attached hydrogen (secondary N) is 2. The molecular formula is C17H20N2O4S. The highest BCUT2D eigenvalue weighted by atomic mass is 32.2. The summed E-state index contributed by atoms with van der Waals surface area (Å²) in [7, 11) is 0. The Hall–Kier alpha value is -2.28. The minimum atomic E-state index is -0.808. The smallest absolute Gasteiger partial charge is 0.335 e. The lowest BCUT2D eigenvalue weighted by molar-refractivity contribution is -0.145. The summed E-state index contributed by atoms with van der Waals surface area (Å²) in [6.07, 6.45) is 9.41. The molecule has 0 saturated carbocycles. The van der Waals surface area contributed by atoms with Gasteiger partial charge in [0.25, 0.3) is 0 Å². The summed E-state index contributed by atoms with van der Waals surface area (Å²) in [5.41, 5.74) is 0.872. The molecule has 2 heterocycles. The standard InChI is InChI=1S/C17H20N2O4S/c1-3-6-14(21)15-9-16(12-7-4-5-8-18-12)24-10-13(17(22)23-15)19-11(2)20/h3-4,6-7,9,13,18H,5,8,10H2,1-2H3,(H,19,20)/b6-3+,15-9?,16-12+/t13-/m0/s1. The number of carbonyl (C=O) groups is 3. The molecule has 1 amide bonds. The number of esters is 1. The maximum Gasteiger partial charge on any atom is 0.335 e. The summed E-state index contributed by atoms with van der Waals surface area (Å²) in [6.45, 7) is 3.85. The molecule has 0 aromatic heterocycles. The van der Waals surface area contributed by atoms with Gasteiger partial charge in [-0.1, -0.05) is 12.2 Å². The molecule has 24 heavy (non-hydrogen) atoms. The van der Waals surface area contributed by atoms with Crippen LogP contribution in [-0.2, 0) is 19.1 Å². The van der Waals surface area contributed by atoms with Gasteiger partial charge in [0, 0.05) is 35.9 Å². The van der Waals surface area contributed by atoms with E-state index in [1.807, 2.05) is 12.2 Å². The van der Waals surface area contributed by atoms with Crippen molar-refractivity contribution in [2.75, 3.05) is 12.3 Å². The van der Waals surface area contributed by atoms with Crippen LogP contribution >= 0.6 is 11.8 Å². The number of thioether (sulfide) groups is 1. The number of ketones is 1. The first kappa shape index (κ1) is 18.1. The first-order valence-electron chi connectivity index (χ1n) is 7.66. The lowest BCUT2D eigenvalue weighted by Gasteiger charge is -2.22. The minimum absolute atomic E-state index is 0.0519. The molecule has 1 atom stereocenters. The Morgan fingerprint density at radius 2 is 2.25 bits per heavy atom. The fourth-order valence-electron chi connectivity index (χ4n) is 2.19. The maximum atomic E-state index is 12.2. The number of carbonyl (C=O) groups excluding carboxylic acids is 3. The Bertz CT molecular complexity index is 662. The molecule has 2 rings (SSSR count). The van der Waals surface area contributed by atoms with Gasteiger partial charge in [0.2, 0.25) is 11.7 Å². The molecule has 2 aliphatic rings. The van der Waals surface area contributed by atoms with E-state index in [-0.39, 0.29) is 11.7 Å². The van der Waals surface area contributed by atoms with E-state index >= 15 is 0 Å². The van der Waals surface area contributed by atoms with Crippen LogP contribution in [0, 0.1) is 0 Å². The van der Waals surface area contributed by atoms with E-state index < -0.39 is 17.8 Å². The van der Waals surface area contributed by atoms with Crippen molar-refractivity contribution in [3.63, 3.8) is 0 Å².